The van der Waals surface area contributed by atoms with Gasteiger partial charge in [0.05, 0.1) is 5.75 Å². The molecule has 3 N–H and O–H groups in total. The third-order valence-corrected chi connectivity index (χ3v) is 6.46. The number of aromatic nitrogens is 5. The summed E-state index contributed by atoms with van der Waals surface area (Å²) in [5, 5.41) is 9.23. The summed E-state index contributed by atoms with van der Waals surface area (Å²) in [7, 11) is 0. The molecule has 2 aromatic heterocycles. The molecule has 0 fully saturated rings. The number of nitrogens with zero attached hydrogens (tertiary/aromatic N) is 4. The highest BCUT2D eigenvalue weighted by Crippen LogP contribution is 2.29. The Bertz CT molecular complexity index is 1480. The smallest absolute Gasteiger partial charge is 0.329 e. The number of anilines is 1. The molecule has 180 valence electrons. The molecule has 0 radical (unpaired) electrons. The number of rotatable bonds is 8. The Hall–Kier alpha value is -3.92. The second kappa shape index (κ2) is 10.1. The van der Waals surface area contributed by atoms with Crippen LogP contribution in [0.25, 0.3) is 17.1 Å². The first-order chi connectivity index (χ1) is 16.8. The van der Waals surface area contributed by atoms with E-state index in [9.17, 15) is 14.4 Å². The Balaban J connectivity index is 1.70. The number of hydrogen-bond acceptors (Lipinski definition) is 7. The van der Waals surface area contributed by atoms with Crippen LogP contribution in [0.15, 0.2) is 63.3 Å². The number of carbonyl (C=O) groups is 1. The highest BCUT2D eigenvalue weighted by atomic mass is 32.2. The van der Waals surface area contributed by atoms with Gasteiger partial charge in [0, 0.05) is 17.8 Å². The number of benzene rings is 2. The Morgan fingerprint density at radius 2 is 1.63 bits per heavy atom. The van der Waals surface area contributed by atoms with E-state index in [0.29, 0.717) is 23.9 Å². The SMILES string of the molecule is CCCn1c(N)c(C(=O)CSc2nnc(-c3ccc(C)cc3)n2-c2ccc(C)cc2)c(=O)[nH]c1=O. The predicted octanol–water partition coefficient (Wildman–Crippen LogP) is 3.37. The number of ketones is 1. The van der Waals surface area contributed by atoms with Gasteiger partial charge in [0.25, 0.3) is 5.56 Å². The molecule has 0 amide bonds. The first-order valence-corrected chi connectivity index (χ1v) is 12.2. The monoisotopic (exact) mass is 490 g/mol. The van der Waals surface area contributed by atoms with Crippen LogP contribution in [0.5, 0.6) is 0 Å². The summed E-state index contributed by atoms with van der Waals surface area (Å²) in [4.78, 5) is 39.7. The third kappa shape index (κ3) is 4.97. The van der Waals surface area contributed by atoms with Crippen molar-refractivity contribution in [1.29, 1.82) is 0 Å². The van der Waals surface area contributed by atoms with Crippen LogP contribution < -0.4 is 17.0 Å². The molecule has 0 bridgehead atoms. The lowest BCUT2D eigenvalue weighted by molar-refractivity contribution is 0.102. The maximum atomic E-state index is 13.0. The van der Waals surface area contributed by atoms with Gasteiger partial charge in [-0.05, 0) is 32.4 Å². The van der Waals surface area contributed by atoms with Crippen molar-refractivity contribution in [3.8, 4) is 17.1 Å². The van der Waals surface area contributed by atoms with E-state index in [2.05, 4.69) is 15.2 Å². The van der Waals surface area contributed by atoms with Gasteiger partial charge in [-0.2, -0.15) is 0 Å². The van der Waals surface area contributed by atoms with Crippen LogP contribution in [-0.4, -0.2) is 35.9 Å². The highest BCUT2D eigenvalue weighted by Gasteiger charge is 2.22. The molecule has 4 rings (SSSR count). The molecule has 35 heavy (non-hydrogen) atoms. The second-order valence-electron chi connectivity index (χ2n) is 8.23. The van der Waals surface area contributed by atoms with E-state index in [4.69, 9.17) is 5.73 Å². The summed E-state index contributed by atoms with van der Waals surface area (Å²) < 4.78 is 3.09. The lowest BCUT2D eigenvalue weighted by atomic mass is 10.1. The van der Waals surface area contributed by atoms with E-state index in [0.717, 1.165) is 34.1 Å². The van der Waals surface area contributed by atoms with Gasteiger partial charge in [-0.15, -0.1) is 10.2 Å². The minimum absolute atomic E-state index is 0.102. The van der Waals surface area contributed by atoms with Crippen molar-refractivity contribution < 1.29 is 4.79 Å². The van der Waals surface area contributed by atoms with Gasteiger partial charge in [0.1, 0.15) is 11.4 Å². The first kappa shape index (κ1) is 24.2. The maximum absolute atomic E-state index is 13.0. The van der Waals surface area contributed by atoms with Crippen molar-refractivity contribution >= 4 is 23.4 Å². The van der Waals surface area contributed by atoms with E-state index in [-0.39, 0.29) is 17.1 Å². The standard InChI is InChI=1S/C25H26N6O3S/c1-4-13-30-21(26)20(23(33)27-24(30)34)19(32)14-35-25-29-28-22(17-9-5-15(2)6-10-17)31(25)18-11-7-16(3)8-12-18/h5-12H,4,13-14,26H2,1-3H3,(H,27,33,34). The zero-order valence-electron chi connectivity index (χ0n) is 19.7. The van der Waals surface area contributed by atoms with Gasteiger partial charge in [0.15, 0.2) is 16.8 Å². The number of nitrogens with one attached hydrogen (secondary N) is 1. The first-order valence-electron chi connectivity index (χ1n) is 11.2. The molecule has 0 aliphatic rings. The quantitative estimate of drug-likeness (QED) is 0.286. The Morgan fingerprint density at radius 3 is 2.26 bits per heavy atom. The number of H-pyrrole nitrogens is 1. The van der Waals surface area contributed by atoms with Crippen LogP contribution in [0.3, 0.4) is 0 Å². The number of nitrogens with two attached hydrogens (primary N) is 1. The summed E-state index contributed by atoms with van der Waals surface area (Å²) in [6.07, 6.45) is 0.625. The Kier molecular flexibility index (Phi) is 7.02. The van der Waals surface area contributed by atoms with Crippen LogP contribution in [0.1, 0.15) is 34.8 Å². The van der Waals surface area contributed by atoms with Gasteiger partial charge in [-0.25, -0.2) is 4.79 Å². The van der Waals surface area contributed by atoms with Crippen molar-refractivity contribution in [2.24, 2.45) is 0 Å². The molecule has 2 aromatic carbocycles. The minimum atomic E-state index is -0.786. The summed E-state index contributed by atoms with van der Waals surface area (Å²) in [5.41, 5.74) is 8.39. The fraction of sp³-hybridized carbons (Fsp3) is 0.240. The normalized spacial score (nSPS) is 11.1. The van der Waals surface area contributed by atoms with Crippen LogP contribution in [0.4, 0.5) is 5.82 Å². The maximum Gasteiger partial charge on any atom is 0.329 e. The van der Waals surface area contributed by atoms with Crippen molar-refractivity contribution in [2.45, 2.75) is 38.9 Å². The lowest BCUT2D eigenvalue weighted by Gasteiger charge is -2.12. The molecular formula is C25H26N6O3S. The molecular weight excluding hydrogens is 464 g/mol. The summed E-state index contributed by atoms with van der Waals surface area (Å²) in [6, 6.07) is 15.9. The molecule has 0 unspecified atom stereocenters. The number of nitrogen functional groups attached to an aromatic ring is 1. The molecule has 0 saturated carbocycles. The zero-order chi connectivity index (χ0) is 25.1. The van der Waals surface area contributed by atoms with Crippen molar-refractivity contribution in [3.05, 3.63) is 86.1 Å². The zero-order valence-corrected chi connectivity index (χ0v) is 20.6. The van der Waals surface area contributed by atoms with E-state index < -0.39 is 17.0 Å². The van der Waals surface area contributed by atoms with Gasteiger partial charge < -0.3 is 5.73 Å². The molecule has 0 saturated heterocycles. The topological polar surface area (TPSA) is 129 Å². The van der Waals surface area contributed by atoms with Crippen molar-refractivity contribution in [2.75, 3.05) is 11.5 Å². The highest BCUT2D eigenvalue weighted by molar-refractivity contribution is 7.99. The van der Waals surface area contributed by atoms with Crippen LogP contribution in [0.2, 0.25) is 0 Å². The minimum Gasteiger partial charge on any atom is -0.384 e. The predicted molar refractivity (Wildman–Crippen MR) is 137 cm³/mol. The Labute approximate surface area is 206 Å². The number of carbonyl (C=O) groups excluding carboxylic acids is 1. The van der Waals surface area contributed by atoms with Gasteiger partial charge in [-0.1, -0.05) is 66.2 Å². The van der Waals surface area contributed by atoms with Crippen molar-refractivity contribution in [1.82, 2.24) is 24.3 Å². The van der Waals surface area contributed by atoms with Crippen LogP contribution in [0, 0.1) is 13.8 Å². The fourth-order valence-electron chi connectivity index (χ4n) is 3.68. The molecule has 0 aliphatic carbocycles. The van der Waals surface area contributed by atoms with Crippen LogP contribution >= 0.6 is 11.8 Å². The average Bonchev–Trinajstić information content (AvgIpc) is 3.25. The molecule has 4 aromatic rings. The number of aryl methyl sites for hydroxylation is 2. The third-order valence-electron chi connectivity index (χ3n) is 5.53. The molecule has 0 atom stereocenters. The molecule has 10 heteroatoms. The molecule has 0 spiro atoms. The fourth-order valence-corrected chi connectivity index (χ4v) is 4.51. The van der Waals surface area contributed by atoms with E-state index >= 15 is 0 Å². The van der Waals surface area contributed by atoms with Crippen molar-refractivity contribution in [3.63, 3.8) is 0 Å². The second-order valence-corrected chi connectivity index (χ2v) is 9.17. The van der Waals surface area contributed by atoms with E-state index in [1.807, 2.05) is 73.9 Å². The number of aromatic amines is 1. The lowest BCUT2D eigenvalue weighted by Crippen LogP contribution is -2.36. The van der Waals surface area contributed by atoms with Gasteiger partial charge in [0.2, 0.25) is 0 Å². The van der Waals surface area contributed by atoms with Crippen LogP contribution in [-0.2, 0) is 6.54 Å². The van der Waals surface area contributed by atoms with Gasteiger partial charge in [-0.3, -0.25) is 23.7 Å². The number of hydrogen-bond donors (Lipinski definition) is 2. The van der Waals surface area contributed by atoms with E-state index in [1.54, 1.807) is 0 Å². The largest absolute Gasteiger partial charge is 0.384 e. The van der Waals surface area contributed by atoms with E-state index in [1.165, 1.54) is 4.57 Å². The number of thioether (sulfide) groups is 1. The molecule has 9 nitrogen and oxygen atoms in total. The summed E-state index contributed by atoms with van der Waals surface area (Å²) in [6.45, 7) is 6.19. The molecule has 0 aliphatic heterocycles. The average molecular weight is 491 g/mol. The summed E-state index contributed by atoms with van der Waals surface area (Å²) >= 11 is 1.15. The summed E-state index contributed by atoms with van der Waals surface area (Å²) in [5.74, 6) is -0.0756. The van der Waals surface area contributed by atoms with Gasteiger partial charge >= 0.3 is 5.69 Å². The Morgan fingerprint density at radius 1 is 1.00 bits per heavy atom. The molecule has 2 heterocycles. The number of Topliss-reactive ketones (excluding diaryl/α,β-unsaturated/α-hetero) is 1.